The molecule has 4 N–H and O–H groups in total. The molecule has 146 valence electrons. The highest BCUT2D eigenvalue weighted by Gasteiger charge is 2.50. The summed E-state index contributed by atoms with van der Waals surface area (Å²) in [4.78, 5) is 24.8. The predicted molar refractivity (Wildman–Crippen MR) is 96.9 cm³/mol. The van der Waals surface area contributed by atoms with Gasteiger partial charge in [-0.3, -0.25) is 4.79 Å². The van der Waals surface area contributed by atoms with Crippen LogP contribution in [0.4, 0.5) is 0 Å². The van der Waals surface area contributed by atoms with Crippen LogP contribution in [-0.4, -0.2) is 65.9 Å². The third kappa shape index (κ3) is 10.9. The van der Waals surface area contributed by atoms with Gasteiger partial charge in [0, 0.05) is 19.1 Å². The molecule has 0 aliphatic heterocycles. The Morgan fingerprint density at radius 2 is 1.76 bits per heavy atom. The highest BCUT2D eigenvalue weighted by atomic mass is 16.4. The molecule has 0 radical (unpaired) electrons. The van der Waals surface area contributed by atoms with Gasteiger partial charge < -0.3 is 25.5 Å². The summed E-state index contributed by atoms with van der Waals surface area (Å²) in [5, 5.41) is 28.4. The Morgan fingerprint density at radius 3 is 2.12 bits per heavy atom. The average Bonchev–Trinajstić information content (AvgIpc) is 3.15. The second-order valence-electron chi connectivity index (χ2n) is 7.26. The van der Waals surface area contributed by atoms with E-state index in [1.807, 2.05) is 32.8 Å². The van der Waals surface area contributed by atoms with Crippen molar-refractivity contribution in [1.29, 1.82) is 0 Å². The Labute approximate surface area is 150 Å². The molecule has 1 saturated carbocycles. The second-order valence-corrected chi connectivity index (χ2v) is 7.26. The molecule has 0 bridgehead atoms. The van der Waals surface area contributed by atoms with Gasteiger partial charge in [-0.05, 0) is 45.2 Å². The molecule has 0 aromatic rings. The average molecular weight is 358 g/mol. The first kappa shape index (κ1) is 23.6. The summed E-state index contributed by atoms with van der Waals surface area (Å²) in [6, 6.07) is 0. The van der Waals surface area contributed by atoms with Gasteiger partial charge in [-0.25, -0.2) is 4.79 Å². The van der Waals surface area contributed by atoms with Crippen LogP contribution in [0.1, 0.15) is 46.0 Å². The Bertz CT molecular complexity index is 447. The molecule has 0 aromatic heterocycles. The number of aliphatic carboxylic acids is 1. The van der Waals surface area contributed by atoms with E-state index in [9.17, 15) is 9.59 Å². The highest BCUT2D eigenvalue weighted by molar-refractivity contribution is 5.94. The summed E-state index contributed by atoms with van der Waals surface area (Å²) in [6.45, 7) is 5.17. The van der Waals surface area contributed by atoms with Gasteiger partial charge in [0.25, 0.3) is 0 Å². The number of allylic oxidation sites excluding steroid dienone is 1. The fourth-order valence-corrected chi connectivity index (χ4v) is 2.21. The number of hydrogen-bond acceptors (Lipinski definition) is 5. The number of carbonyl (C=O) groups is 2. The number of aliphatic hydroxyl groups excluding tert-OH is 2. The van der Waals surface area contributed by atoms with Crippen LogP contribution in [0, 0.1) is 11.3 Å². The minimum Gasteiger partial charge on any atom is -0.477 e. The summed E-state index contributed by atoms with van der Waals surface area (Å²) in [5.74, 6) is -1.38. The summed E-state index contributed by atoms with van der Waals surface area (Å²) in [7, 11) is 3.85. The Morgan fingerprint density at radius 1 is 1.16 bits per heavy atom. The monoisotopic (exact) mass is 358 g/mol. The summed E-state index contributed by atoms with van der Waals surface area (Å²) < 4.78 is 0. The normalized spacial score (nSPS) is 18.4. The van der Waals surface area contributed by atoms with Crippen LogP contribution in [0.3, 0.4) is 0 Å². The molecule has 1 atom stereocenters. The van der Waals surface area contributed by atoms with Gasteiger partial charge in [0.15, 0.2) is 0 Å². The maximum atomic E-state index is 11.8. The van der Waals surface area contributed by atoms with Crippen LogP contribution in [0.25, 0.3) is 0 Å². The SMILES string of the molecule is CC1(C)CC1C(=O)N/C(=C/CCCCCO)C(=O)O.CN(C)CCO. The first-order chi connectivity index (χ1) is 11.7. The fourth-order valence-electron chi connectivity index (χ4n) is 2.21. The largest absolute Gasteiger partial charge is 0.477 e. The smallest absolute Gasteiger partial charge is 0.352 e. The highest BCUT2D eigenvalue weighted by Crippen LogP contribution is 2.51. The van der Waals surface area contributed by atoms with Crippen molar-refractivity contribution in [2.24, 2.45) is 11.3 Å². The van der Waals surface area contributed by atoms with E-state index in [0.29, 0.717) is 6.42 Å². The molecule has 1 amide bonds. The Hall–Kier alpha value is -1.44. The van der Waals surface area contributed by atoms with E-state index in [-0.39, 0.29) is 36.2 Å². The lowest BCUT2D eigenvalue weighted by atomic mass is 10.1. The van der Waals surface area contributed by atoms with Gasteiger partial charge in [0.05, 0.1) is 6.61 Å². The minimum atomic E-state index is -1.10. The molecule has 7 nitrogen and oxygen atoms in total. The fraction of sp³-hybridized carbons (Fsp3) is 0.778. The zero-order valence-corrected chi connectivity index (χ0v) is 15.9. The summed E-state index contributed by atoms with van der Waals surface area (Å²) in [5.41, 5.74) is -0.0360. The number of hydrogen-bond donors (Lipinski definition) is 4. The molecule has 1 rings (SSSR count). The summed E-state index contributed by atoms with van der Waals surface area (Å²) in [6.07, 6.45) is 5.33. The van der Waals surface area contributed by atoms with Crippen LogP contribution in [0.2, 0.25) is 0 Å². The third-order valence-electron chi connectivity index (χ3n) is 4.08. The van der Waals surface area contributed by atoms with Crippen molar-refractivity contribution in [3.63, 3.8) is 0 Å². The molecular weight excluding hydrogens is 324 g/mol. The van der Waals surface area contributed by atoms with Crippen molar-refractivity contribution in [2.45, 2.75) is 46.0 Å². The van der Waals surface area contributed by atoms with Crippen LogP contribution < -0.4 is 5.32 Å². The number of amides is 1. The van der Waals surface area contributed by atoms with Gasteiger partial charge in [-0.2, -0.15) is 0 Å². The molecule has 25 heavy (non-hydrogen) atoms. The number of carboxylic acids is 1. The van der Waals surface area contributed by atoms with E-state index in [0.717, 1.165) is 32.2 Å². The number of likely N-dealkylation sites (N-methyl/N-ethyl adjacent to an activating group) is 1. The van der Waals surface area contributed by atoms with Crippen LogP contribution >= 0.6 is 0 Å². The summed E-state index contributed by atoms with van der Waals surface area (Å²) >= 11 is 0. The van der Waals surface area contributed by atoms with Crippen molar-refractivity contribution >= 4 is 11.9 Å². The topological polar surface area (TPSA) is 110 Å². The molecule has 0 spiro atoms. The number of carboxylic acid groups (broad SMARTS) is 1. The number of unbranched alkanes of at least 4 members (excludes halogenated alkanes) is 3. The minimum absolute atomic E-state index is 0.00514. The number of rotatable bonds is 10. The predicted octanol–water partition coefficient (Wildman–Crippen LogP) is 1.21. The molecule has 1 unspecified atom stereocenters. The molecule has 1 aliphatic carbocycles. The number of aliphatic hydroxyl groups is 2. The number of nitrogens with zero attached hydrogens (tertiary/aromatic N) is 1. The van der Waals surface area contributed by atoms with Crippen LogP contribution in [-0.2, 0) is 9.59 Å². The quantitative estimate of drug-likeness (QED) is 0.345. The standard InChI is InChI=1S/C14H23NO4.C4H11NO/c1-14(2)9-10(14)12(17)15-11(13(18)19)7-5-3-4-6-8-16;1-5(2)3-4-6/h7,10,16H,3-6,8-9H2,1-2H3,(H,15,17)(H,18,19);6H,3-4H2,1-2H3/b11-7+;. The van der Waals surface area contributed by atoms with E-state index >= 15 is 0 Å². The van der Waals surface area contributed by atoms with Crippen molar-refractivity contribution < 1.29 is 24.9 Å². The first-order valence-electron chi connectivity index (χ1n) is 8.76. The number of carbonyl (C=O) groups excluding carboxylic acids is 1. The zero-order valence-electron chi connectivity index (χ0n) is 15.9. The van der Waals surface area contributed by atoms with Gasteiger partial charge in [-0.1, -0.05) is 26.3 Å². The molecule has 1 aliphatic rings. The van der Waals surface area contributed by atoms with Crippen LogP contribution in [0.15, 0.2) is 11.8 Å². The van der Waals surface area contributed by atoms with Crippen molar-refractivity contribution in [1.82, 2.24) is 10.2 Å². The van der Waals surface area contributed by atoms with Crippen molar-refractivity contribution in [2.75, 3.05) is 33.9 Å². The molecular formula is C18H34N2O5. The van der Waals surface area contributed by atoms with E-state index < -0.39 is 5.97 Å². The maximum absolute atomic E-state index is 11.8. The number of nitrogens with one attached hydrogen (secondary N) is 1. The lowest BCUT2D eigenvalue weighted by Gasteiger charge is -2.07. The molecule has 0 heterocycles. The molecule has 0 saturated heterocycles. The van der Waals surface area contributed by atoms with Gasteiger partial charge in [0.1, 0.15) is 5.70 Å². The van der Waals surface area contributed by atoms with Crippen molar-refractivity contribution in [3.8, 4) is 0 Å². The lowest BCUT2D eigenvalue weighted by Crippen LogP contribution is -2.29. The molecule has 1 fully saturated rings. The van der Waals surface area contributed by atoms with Gasteiger partial charge in [0.2, 0.25) is 5.91 Å². The van der Waals surface area contributed by atoms with Crippen molar-refractivity contribution in [3.05, 3.63) is 11.8 Å². The second kappa shape index (κ2) is 12.0. The van der Waals surface area contributed by atoms with E-state index in [4.69, 9.17) is 15.3 Å². The van der Waals surface area contributed by atoms with Gasteiger partial charge in [-0.15, -0.1) is 0 Å². The zero-order chi connectivity index (χ0) is 19.5. The van der Waals surface area contributed by atoms with Gasteiger partial charge >= 0.3 is 5.97 Å². The Kier molecular flexibility index (Phi) is 11.3. The maximum Gasteiger partial charge on any atom is 0.352 e. The van der Waals surface area contributed by atoms with E-state index in [1.165, 1.54) is 0 Å². The molecule has 7 heteroatoms. The lowest BCUT2D eigenvalue weighted by molar-refractivity contribution is -0.135. The van der Waals surface area contributed by atoms with E-state index in [1.54, 1.807) is 6.08 Å². The first-order valence-corrected chi connectivity index (χ1v) is 8.76. The van der Waals surface area contributed by atoms with Crippen LogP contribution in [0.5, 0.6) is 0 Å². The Balaban J connectivity index is 0.000000823. The van der Waals surface area contributed by atoms with E-state index in [2.05, 4.69) is 5.32 Å². The molecule has 0 aromatic carbocycles. The third-order valence-corrected chi connectivity index (χ3v) is 4.08.